The number of fused-ring (bicyclic) bond motifs is 3. The average Bonchev–Trinajstić information content (AvgIpc) is 3.07. The second-order valence-electron chi connectivity index (χ2n) is 6.47. The number of hydrazone groups is 1. The predicted octanol–water partition coefficient (Wildman–Crippen LogP) is 4.59. The second-order valence-corrected chi connectivity index (χ2v) is 6.47. The molecule has 0 fully saturated rings. The van der Waals surface area contributed by atoms with Crippen LogP contribution in [0.4, 0.5) is 0 Å². The molecule has 0 bridgehead atoms. The summed E-state index contributed by atoms with van der Waals surface area (Å²) in [5.41, 5.74) is 6.45. The van der Waals surface area contributed by atoms with Crippen molar-refractivity contribution in [3.05, 3.63) is 77.9 Å². The zero-order chi connectivity index (χ0) is 19.5. The highest BCUT2D eigenvalue weighted by molar-refractivity contribution is 6.09. The fourth-order valence-corrected chi connectivity index (χ4v) is 3.46. The Kier molecular flexibility index (Phi) is 4.81. The molecule has 0 saturated carbocycles. The number of benzene rings is 3. The van der Waals surface area contributed by atoms with Gasteiger partial charge in [0.05, 0.1) is 13.3 Å². The number of hydrogen-bond donors (Lipinski definition) is 1. The molecular formula is C23H21N3O2. The minimum atomic E-state index is -0.262. The predicted molar refractivity (Wildman–Crippen MR) is 113 cm³/mol. The molecule has 1 aromatic heterocycles. The molecule has 0 aliphatic rings. The van der Waals surface area contributed by atoms with Crippen molar-refractivity contribution >= 4 is 33.9 Å². The molecule has 3 aromatic carbocycles. The quantitative estimate of drug-likeness (QED) is 0.412. The molecule has 4 aromatic rings. The van der Waals surface area contributed by atoms with Gasteiger partial charge in [-0.2, -0.15) is 5.10 Å². The molecule has 1 amide bonds. The third-order valence-electron chi connectivity index (χ3n) is 4.84. The third-order valence-corrected chi connectivity index (χ3v) is 4.84. The first-order valence-corrected chi connectivity index (χ1v) is 9.19. The Bertz CT molecular complexity index is 1170. The maximum Gasteiger partial charge on any atom is 0.271 e. The number of carbonyl (C=O) groups is 1. The van der Waals surface area contributed by atoms with E-state index in [1.54, 1.807) is 37.6 Å². The Balaban J connectivity index is 1.57. The van der Waals surface area contributed by atoms with Gasteiger partial charge in [-0.3, -0.25) is 4.79 Å². The number of methoxy groups -OCH3 is 1. The summed E-state index contributed by atoms with van der Waals surface area (Å²) in [6, 6.07) is 21.5. The SMILES string of the molecule is CCn1c2ccccc2c2cc(/C=N/NC(=O)c3ccc(OC)cc3)ccc21. The van der Waals surface area contributed by atoms with Gasteiger partial charge in [0.15, 0.2) is 0 Å². The van der Waals surface area contributed by atoms with E-state index in [4.69, 9.17) is 4.74 Å². The van der Waals surface area contributed by atoms with Gasteiger partial charge in [0.25, 0.3) is 5.91 Å². The van der Waals surface area contributed by atoms with E-state index in [0.717, 1.165) is 12.1 Å². The molecule has 1 heterocycles. The van der Waals surface area contributed by atoms with E-state index in [-0.39, 0.29) is 5.91 Å². The number of hydrogen-bond acceptors (Lipinski definition) is 3. The summed E-state index contributed by atoms with van der Waals surface area (Å²) in [5, 5.41) is 6.51. The highest BCUT2D eigenvalue weighted by Gasteiger charge is 2.09. The van der Waals surface area contributed by atoms with E-state index in [1.807, 2.05) is 6.07 Å². The topological polar surface area (TPSA) is 55.6 Å². The average molecular weight is 371 g/mol. The molecule has 0 radical (unpaired) electrons. The molecule has 0 spiro atoms. The normalized spacial score (nSPS) is 11.4. The van der Waals surface area contributed by atoms with Crippen LogP contribution in [0.3, 0.4) is 0 Å². The number of para-hydroxylation sites is 1. The van der Waals surface area contributed by atoms with E-state index in [1.165, 1.54) is 21.8 Å². The van der Waals surface area contributed by atoms with Gasteiger partial charge in [0.1, 0.15) is 5.75 Å². The van der Waals surface area contributed by atoms with Gasteiger partial charge in [-0.25, -0.2) is 5.43 Å². The van der Waals surface area contributed by atoms with Crippen LogP contribution in [-0.4, -0.2) is 23.8 Å². The van der Waals surface area contributed by atoms with Gasteiger partial charge >= 0.3 is 0 Å². The van der Waals surface area contributed by atoms with E-state index in [0.29, 0.717) is 11.3 Å². The second kappa shape index (κ2) is 7.56. The van der Waals surface area contributed by atoms with E-state index in [9.17, 15) is 4.79 Å². The highest BCUT2D eigenvalue weighted by Crippen LogP contribution is 2.29. The molecular weight excluding hydrogens is 350 g/mol. The molecule has 140 valence electrons. The lowest BCUT2D eigenvalue weighted by Gasteiger charge is -2.03. The fraction of sp³-hybridized carbons (Fsp3) is 0.130. The minimum absolute atomic E-state index is 0.262. The van der Waals surface area contributed by atoms with Gasteiger partial charge in [-0.1, -0.05) is 24.3 Å². The number of aromatic nitrogens is 1. The van der Waals surface area contributed by atoms with Gasteiger partial charge in [-0.05, 0) is 55.0 Å². The Morgan fingerprint density at radius 3 is 2.54 bits per heavy atom. The molecule has 0 unspecified atom stereocenters. The van der Waals surface area contributed by atoms with Crippen LogP contribution in [0.25, 0.3) is 21.8 Å². The smallest absolute Gasteiger partial charge is 0.271 e. The van der Waals surface area contributed by atoms with Crippen molar-refractivity contribution in [3.63, 3.8) is 0 Å². The van der Waals surface area contributed by atoms with Gasteiger partial charge in [0.2, 0.25) is 0 Å². The summed E-state index contributed by atoms with van der Waals surface area (Å²) in [6.07, 6.45) is 1.67. The molecule has 0 aliphatic carbocycles. The van der Waals surface area contributed by atoms with Gasteiger partial charge < -0.3 is 9.30 Å². The summed E-state index contributed by atoms with van der Waals surface area (Å²) in [7, 11) is 1.59. The van der Waals surface area contributed by atoms with Crippen LogP contribution in [0.1, 0.15) is 22.8 Å². The minimum Gasteiger partial charge on any atom is -0.497 e. The van der Waals surface area contributed by atoms with Crippen molar-refractivity contribution in [1.29, 1.82) is 0 Å². The van der Waals surface area contributed by atoms with Crippen molar-refractivity contribution in [1.82, 2.24) is 9.99 Å². The Labute approximate surface area is 163 Å². The molecule has 5 nitrogen and oxygen atoms in total. The van der Waals surface area contributed by atoms with Crippen molar-refractivity contribution in [2.75, 3.05) is 7.11 Å². The van der Waals surface area contributed by atoms with Gasteiger partial charge in [-0.15, -0.1) is 0 Å². The standard InChI is InChI=1S/C23H21N3O2/c1-3-26-21-7-5-4-6-19(21)20-14-16(8-13-22(20)26)15-24-25-23(27)17-9-11-18(28-2)12-10-17/h4-15H,3H2,1-2H3,(H,25,27)/b24-15+. The van der Waals surface area contributed by atoms with Crippen LogP contribution < -0.4 is 10.2 Å². The Hall–Kier alpha value is -3.60. The van der Waals surface area contributed by atoms with Crippen LogP contribution in [-0.2, 0) is 6.54 Å². The van der Waals surface area contributed by atoms with E-state index < -0.39 is 0 Å². The molecule has 0 atom stereocenters. The van der Waals surface area contributed by atoms with Crippen molar-refractivity contribution in [2.24, 2.45) is 5.10 Å². The number of nitrogens with zero attached hydrogens (tertiary/aromatic N) is 2. The summed E-state index contributed by atoms with van der Waals surface area (Å²) < 4.78 is 7.40. The number of ether oxygens (including phenoxy) is 1. The first-order chi connectivity index (χ1) is 13.7. The summed E-state index contributed by atoms with van der Waals surface area (Å²) >= 11 is 0. The fourth-order valence-electron chi connectivity index (χ4n) is 3.46. The van der Waals surface area contributed by atoms with E-state index in [2.05, 4.69) is 58.4 Å². The Morgan fingerprint density at radius 1 is 1.04 bits per heavy atom. The molecule has 0 aliphatic heterocycles. The molecule has 5 heteroatoms. The zero-order valence-corrected chi connectivity index (χ0v) is 15.8. The van der Waals surface area contributed by atoms with Crippen LogP contribution in [0.15, 0.2) is 71.8 Å². The molecule has 4 rings (SSSR count). The van der Waals surface area contributed by atoms with Crippen LogP contribution >= 0.6 is 0 Å². The monoisotopic (exact) mass is 371 g/mol. The molecule has 0 saturated heterocycles. The molecule has 28 heavy (non-hydrogen) atoms. The van der Waals surface area contributed by atoms with Crippen LogP contribution in [0, 0.1) is 0 Å². The Morgan fingerprint density at radius 2 is 1.79 bits per heavy atom. The molecule has 1 N–H and O–H groups in total. The largest absolute Gasteiger partial charge is 0.497 e. The van der Waals surface area contributed by atoms with E-state index >= 15 is 0 Å². The number of rotatable bonds is 5. The van der Waals surface area contributed by atoms with Crippen molar-refractivity contribution in [3.8, 4) is 5.75 Å². The highest BCUT2D eigenvalue weighted by atomic mass is 16.5. The number of nitrogens with one attached hydrogen (secondary N) is 1. The summed E-state index contributed by atoms with van der Waals surface area (Å²) in [5.74, 6) is 0.446. The number of amides is 1. The third kappa shape index (κ3) is 3.22. The van der Waals surface area contributed by atoms with Crippen LogP contribution in [0.2, 0.25) is 0 Å². The van der Waals surface area contributed by atoms with Gasteiger partial charge in [0, 0.05) is 33.9 Å². The lowest BCUT2D eigenvalue weighted by atomic mass is 10.1. The first kappa shape index (κ1) is 17.8. The lowest BCUT2D eigenvalue weighted by Crippen LogP contribution is -2.17. The summed E-state index contributed by atoms with van der Waals surface area (Å²) in [6.45, 7) is 3.06. The van der Waals surface area contributed by atoms with Crippen LogP contribution in [0.5, 0.6) is 5.75 Å². The maximum atomic E-state index is 12.2. The maximum absolute atomic E-state index is 12.2. The number of aryl methyl sites for hydroxylation is 1. The summed E-state index contributed by atoms with van der Waals surface area (Å²) in [4.78, 5) is 12.2. The first-order valence-electron chi connectivity index (χ1n) is 9.19. The zero-order valence-electron chi connectivity index (χ0n) is 15.8. The number of carbonyl (C=O) groups excluding carboxylic acids is 1. The van der Waals surface area contributed by atoms with Crippen molar-refractivity contribution < 1.29 is 9.53 Å². The van der Waals surface area contributed by atoms with Crippen molar-refractivity contribution in [2.45, 2.75) is 13.5 Å². The lowest BCUT2D eigenvalue weighted by molar-refractivity contribution is 0.0955.